The molecule has 1 fully saturated rings. The van der Waals surface area contributed by atoms with Crippen LogP contribution in [0.15, 0.2) is 42.5 Å². The Hall–Kier alpha value is -2.55. The average molecular weight is 471 g/mol. The minimum absolute atomic E-state index is 0.0132. The third-order valence-corrected chi connectivity index (χ3v) is 5.22. The normalized spacial score (nSPS) is 16.7. The Morgan fingerprint density at radius 2 is 2.03 bits per heavy atom. The van der Waals surface area contributed by atoms with Gasteiger partial charge in [-0.15, -0.1) is 0 Å². The average Bonchev–Trinajstić information content (AvgIpc) is 3.12. The first-order valence-corrected chi connectivity index (χ1v) is 10.3. The van der Waals surface area contributed by atoms with Gasteiger partial charge in [0, 0.05) is 24.2 Å². The summed E-state index contributed by atoms with van der Waals surface area (Å²) in [6.45, 7) is 0.293. The molecular formula is C21H21Cl2FN2O5. The van der Waals surface area contributed by atoms with Crippen LogP contribution in [-0.4, -0.2) is 54.4 Å². The van der Waals surface area contributed by atoms with Crippen molar-refractivity contribution >= 4 is 35.2 Å². The Labute approximate surface area is 188 Å². The first-order valence-electron chi connectivity index (χ1n) is 9.55. The van der Waals surface area contributed by atoms with Crippen LogP contribution in [0.25, 0.3) is 0 Å². The zero-order valence-corrected chi connectivity index (χ0v) is 17.9. The smallest absolute Gasteiger partial charge is 0.410 e. The summed E-state index contributed by atoms with van der Waals surface area (Å²) in [4.78, 5) is 25.4. The molecule has 0 aromatic heterocycles. The first kappa shape index (κ1) is 23.1. The largest absolute Gasteiger partial charge is 0.484 e. The number of amides is 2. The number of benzene rings is 2. The second kappa shape index (κ2) is 10.7. The Bertz CT molecular complexity index is 928. The maximum absolute atomic E-state index is 13.3. The molecule has 2 aromatic rings. The topological polar surface area (TPSA) is 88.1 Å². The number of carbonyl (C=O) groups is 2. The summed E-state index contributed by atoms with van der Waals surface area (Å²) in [6.07, 6.45) is -1.46. The van der Waals surface area contributed by atoms with Crippen LogP contribution in [-0.2, 0) is 9.53 Å². The number of hydrogen-bond acceptors (Lipinski definition) is 5. The molecule has 1 aliphatic heterocycles. The highest BCUT2D eigenvalue weighted by Crippen LogP contribution is 2.27. The zero-order chi connectivity index (χ0) is 22.4. The Kier molecular flexibility index (Phi) is 7.95. The van der Waals surface area contributed by atoms with Crippen LogP contribution in [0.4, 0.5) is 9.18 Å². The Morgan fingerprint density at radius 3 is 2.74 bits per heavy atom. The van der Waals surface area contributed by atoms with Crippen molar-refractivity contribution in [2.24, 2.45) is 0 Å². The SMILES string of the molecule is O=C(COc1ccc(Cl)c(F)c1)NCC(O)CCN1CC(c2ccc(Cl)cc2)OC1=O. The second-order valence-electron chi connectivity index (χ2n) is 6.98. The van der Waals surface area contributed by atoms with Gasteiger partial charge in [-0.05, 0) is 36.2 Å². The second-order valence-corrected chi connectivity index (χ2v) is 7.82. The lowest BCUT2D eigenvalue weighted by atomic mass is 10.1. The highest BCUT2D eigenvalue weighted by Gasteiger charge is 2.32. The minimum atomic E-state index is -0.862. The number of hydrogen-bond donors (Lipinski definition) is 2. The van der Waals surface area contributed by atoms with Crippen molar-refractivity contribution < 1.29 is 28.6 Å². The summed E-state index contributed by atoms with van der Waals surface area (Å²) in [5.74, 6) is -0.952. The van der Waals surface area contributed by atoms with Crippen LogP contribution < -0.4 is 10.1 Å². The summed E-state index contributed by atoms with van der Waals surface area (Å²) in [5, 5.41) is 13.2. The summed E-state index contributed by atoms with van der Waals surface area (Å²) in [6, 6.07) is 10.9. The molecule has 2 unspecified atom stereocenters. The fourth-order valence-electron chi connectivity index (χ4n) is 2.95. The molecule has 10 heteroatoms. The molecule has 1 aliphatic rings. The number of carbonyl (C=O) groups excluding carboxylic acids is 2. The van der Waals surface area contributed by atoms with E-state index in [9.17, 15) is 19.1 Å². The van der Waals surface area contributed by atoms with Gasteiger partial charge in [-0.3, -0.25) is 4.79 Å². The van der Waals surface area contributed by atoms with E-state index in [1.807, 2.05) is 0 Å². The van der Waals surface area contributed by atoms with Gasteiger partial charge in [0.1, 0.15) is 17.7 Å². The summed E-state index contributed by atoms with van der Waals surface area (Å²) in [5.41, 5.74) is 0.841. The van der Waals surface area contributed by atoms with Crippen LogP contribution in [0.3, 0.4) is 0 Å². The zero-order valence-electron chi connectivity index (χ0n) is 16.4. The van der Waals surface area contributed by atoms with E-state index in [2.05, 4.69) is 5.32 Å². The Balaban J connectivity index is 1.36. The van der Waals surface area contributed by atoms with Crippen molar-refractivity contribution in [3.63, 3.8) is 0 Å². The van der Waals surface area contributed by atoms with Crippen LogP contribution in [0.1, 0.15) is 18.1 Å². The number of halogens is 3. The molecule has 2 amide bonds. The van der Waals surface area contributed by atoms with E-state index in [0.717, 1.165) is 11.6 Å². The van der Waals surface area contributed by atoms with Gasteiger partial charge >= 0.3 is 6.09 Å². The molecule has 0 saturated carbocycles. The first-order chi connectivity index (χ1) is 14.8. The highest BCUT2D eigenvalue weighted by molar-refractivity contribution is 6.30. The van der Waals surface area contributed by atoms with Gasteiger partial charge in [-0.1, -0.05) is 35.3 Å². The monoisotopic (exact) mass is 470 g/mol. The summed E-state index contributed by atoms with van der Waals surface area (Å²) >= 11 is 11.5. The van der Waals surface area contributed by atoms with E-state index in [1.54, 1.807) is 24.3 Å². The number of nitrogens with zero attached hydrogens (tertiary/aromatic N) is 1. The van der Waals surface area contributed by atoms with Crippen LogP contribution in [0.2, 0.25) is 10.0 Å². The molecule has 0 radical (unpaired) electrons. The lowest BCUT2D eigenvalue weighted by Gasteiger charge is -2.17. The van der Waals surface area contributed by atoms with Gasteiger partial charge < -0.3 is 24.8 Å². The standard InChI is InChI=1S/C21H21Cl2FN2O5/c22-14-3-1-13(2-4-14)19-11-26(21(29)31-19)8-7-15(27)10-25-20(28)12-30-16-5-6-17(23)18(24)9-16/h1-6,9,15,19,27H,7-8,10-12H2,(H,25,28). The van der Waals surface area contributed by atoms with Crippen molar-refractivity contribution in [2.75, 3.05) is 26.2 Å². The number of ether oxygens (including phenoxy) is 2. The van der Waals surface area contributed by atoms with Gasteiger partial charge in [0.05, 0.1) is 17.7 Å². The van der Waals surface area contributed by atoms with Crippen molar-refractivity contribution in [3.8, 4) is 5.75 Å². The number of aliphatic hydroxyl groups is 1. The lowest BCUT2D eigenvalue weighted by molar-refractivity contribution is -0.123. The molecule has 1 saturated heterocycles. The Morgan fingerprint density at radius 1 is 1.29 bits per heavy atom. The van der Waals surface area contributed by atoms with E-state index in [1.165, 1.54) is 17.0 Å². The predicted octanol–water partition coefficient (Wildman–Crippen LogP) is 3.57. The molecule has 7 nitrogen and oxygen atoms in total. The molecule has 0 aliphatic carbocycles. The van der Waals surface area contributed by atoms with E-state index >= 15 is 0 Å². The third-order valence-electron chi connectivity index (χ3n) is 4.66. The summed E-state index contributed by atoms with van der Waals surface area (Å²) in [7, 11) is 0. The number of cyclic esters (lactones) is 1. The van der Waals surface area contributed by atoms with Crippen molar-refractivity contribution in [1.82, 2.24) is 10.2 Å². The van der Waals surface area contributed by atoms with Crippen molar-refractivity contribution in [3.05, 3.63) is 63.9 Å². The van der Waals surface area contributed by atoms with Gasteiger partial charge in [0.15, 0.2) is 6.61 Å². The third kappa shape index (κ3) is 6.72. The lowest BCUT2D eigenvalue weighted by Crippen LogP contribution is -2.37. The molecule has 31 heavy (non-hydrogen) atoms. The molecule has 166 valence electrons. The van der Waals surface area contributed by atoms with Gasteiger partial charge in [-0.25, -0.2) is 9.18 Å². The van der Waals surface area contributed by atoms with Crippen LogP contribution in [0, 0.1) is 5.82 Å². The van der Waals surface area contributed by atoms with Gasteiger partial charge in [-0.2, -0.15) is 0 Å². The predicted molar refractivity (Wildman–Crippen MR) is 113 cm³/mol. The molecule has 2 atom stereocenters. The molecule has 2 N–H and O–H groups in total. The van der Waals surface area contributed by atoms with E-state index in [-0.39, 0.29) is 36.9 Å². The maximum Gasteiger partial charge on any atom is 0.410 e. The van der Waals surface area contributed by atoms with Crippen molar-refractivity contribution in [1.29, 1.82) is 0 Å². The van der Waals surface area contributed by atoms with Gasteiger partial charge in [0.2, 0.25) is 0 Å². The van der Waals surface area contributed by atoms with Crippen LogP contribution in [0.5, 0.6) is 5.75 Å². The van der Waals surface area contributed by atoms with Crippen LogP contribution >= 0.6 is 23.2 Å². The fraction of sp³-hybridized carbons (Fsp3) is 0.333. The van der Waals surface area contributed by atoms with E-state index < -0.39 is 30.0 Å². The van der Waals surface area contributed by atoms with E-state index in [4.69, 9.17) is 32.7 Å². The quantitative estimate of drug-likeness (QED) is 0.584. The maximum atomic E-state index is 13.3. The highest BCUT2D eigenvalue weighted by atomic mass is 35.5. The molecular weight excluding hydrogens is 450 g/mol. The molecule has 2 aromatic carbocycles. The number of rotatable bonds is 9. The molecule has 0 spiro atoms. The molecule has 1 heterocycles. The molecule has 3 rings (SSSR count). The van der Waals surface area contributed by atoms with E-state index in [0.29, 0.717) is 11.6 Å². The summed E-state index contributed by atoms with van der Waals surface area (Å²) < 4.78 is 23.9. The number of nitrogens with one attached hydrogen (secondary N) is 1. The fourth-order valence-corrected chi connectivity index (χ4v) is 3.19. The van der Waals surface area contributed by atoms with Gasteiger partial charge in [0.25, 0.3) is 5.91 Å². The number of aliphatic hydroxyl groups excluding tert-OH is 1. The molecule has 0 bridgehead atoms. The van der Waals surface area contributed by atoms with Crippen molar-refractivity contribution in [2.45, 2.75) is 18.6 Å². The minimum Gasteiger partial charge on any atom is -0.484 e.